The first-order valence-corrected chi connectivity index (χ1v) is 5.24. The van der Waals surface area contributed by atoms with Gasteiger partial charge in [0, 0.05) is 5.33 Å². The van der Waals surface area contributed by atoms with Gasteiger partial charge in [-0.2, -0.15) is 0 Å². The van der Waals surface area contributed by atoms with E-state index in [0.717, 1.165) is 11.2 Å². The van der Waals surface area contributed by atoms with Crippen LogP contribution in [0.15, 0.2) is 11.6 Å². The summed E-state index contributed by atoms with van der Waals surface area (Å²) in [5, 5.41) is 1.07. The number of halogens is 1. The van der Waals surface area contributed by atoms with Gasteiger partial charge in [-0.15, -0.1) is 0 Å². The highest BCUT2D eigenvalue weighted by molar-refractivity contribution is 9.09. The van der Waals surface area contributed by atoms with Crippen molar-refractivity contribution in [2.75, 3.05) is 5.33 Å². The third-order valence-corrected chi connectivity index (χ3v) is 2.97. The summed E-state index contributed by atoms with van der Waals surface area (Å²) in [7, 11) is 0. The minimum Gasteiger partial charge on any atom is -0.0880 e. The van der Waals surface area contributed by atoms with Crippen molar-refractivity contribution in [2.24, 2.45) is 5.92 Å². The van der Waals surface area contributed by atoms with E-state index in [2.05, 4.69) is 28.9 Å². The van der Waals surface area contributed by atoms with Crippen LogP contribution in [-0.2, 0) is 0 Å². The summed E-state index contributed by atoms with van der Waals surface area (Å²) >= 11 is 3.49. The first kappa shape index (κ1) is 8.32. The van der Waals surface area contributed by atoms with Crippen LogP contribution >= 0.6 is 15.9 Å². The molecule has 0 amide bonds. The smallest absolute Gasteiger partial charge is 0.0241 e. The lowest BCUT2D eigenvalue weighted by atomic mass is 9.84. The first-order chi connectivity index (χ1) is 4.86. The fourth-order valence-electron chi connectivity index (χ4n) is 1.20. The lowest BCUT2D eigenvalue weighted by Crippen LogP contribution is -2.08. The van der Waals surface area contributed by atoms with E-state index in [0.29, 0.717) is 0 Å². The van der Waals surface area contributed by atoms with Crippen LogP contribution < -0.4 is 0 Å². The molecule has 0 aromatic heterocycles. The molecule has 0 aromatic rings. The summed E-state index contributed by atoms with van der Waals surface area (Å²) in [5.41, 5.74) is 1.57. The maximum atomic E-state index is 3.49. The normalized spacial score (nSPS) is 20.8. The highest BCUT2D eigenvalue weighted by Gasteiger charge is 2.14. The summed E-state index contributed by atoms with van der Waals surface area (Å²) in [6.45, 7) is 2.23. The molecule has 1 saturated carbocycles. The second kappa shape index (κ2) is 4.17. The van der Waals surface area contributed by atoms with Gasteiger partial charge in [0.1, 0.15) is 0 Å². The van der Waals surface area contributed by atoms with Crippen LogP contribution in [-0.4, -0.2) is 5.33 Å². The van der Waals surface area contributed by atoms with Crippen molar-refractivity contribution in [1.82, 2.24) is 0 Å². The molecule has 0 N–H and O–H groups in total. The molecule has 1 heteroatoms. The molecule has 1 rings (SSSR count). The fourth-order valence-corrected chi connectivity index (χ4v) is 1.78. The van der Waals surface area contributed by atoms with Crippen molar-refractivity contribution in [3.8, 4) is 0 Å². The van der Waals surface area contributed by atoms with E-state index in [9.17, 15) is 0 Å². The molecule has 0 aliphatic heterocycles. The van der Waals surface area contributed by atoms with Gasteiger partial charge >= 0.3 is 0 Å². The van der Waals surface area contributed by atoms with Crippen LogP contribution in [0.2, 0.25) is 0 Å². The molecular formula is C9H15Br. The average Bonchev–Trinajstić information content (AvgIpc) is 1.87. The van der Waals surface area contributed by atoms with Gasteiger partial charge in [0.05, 0.1) is 0 Å². The van der Waals surface area contributed by atoms with E-state index in [1.165, 1.54) is 25.7 Å². The van der Waals surface area contributed by atoms with Crippen LogP contribution in [0.4, 0.5) is 0 Å². The van der Waals surface area contributed by atoms with Gasteiger partial charge in [0.15, 0.2) is 0 Å². The molecular weight excluding hydrogens is 188 g/mol. The molecule has 0 radical (unpaired) electrons. The zero-order chi connectivity index (χ0) is 7.40. The van der Waals surface area contributed by atoms with E-state index in [4.69, 9.17) is 0 Å². The van der Waals surface area contributed by atoms with Crippen molar-refractivity contribution in [2.45, 2.75) is 32.6 Å². The minimum atomic E-state index is 0.924. The fraction of sp³-hybridized carbons (Fsp3) is 0.778. The van der Waals surface area contributed by atoms with Gasteiger partial charge in [-0.05, 0) is 25.2 Å². The monoisotopic (exact) mass is 202 g/mol. The van der Waals surface area contributed by atoms with Gasteiger partial charge in [-0.25, -0.2) is 0 Å². The number of rotatable bonds is 3. The predicted molar refractivity (Wildman–Crippen MR) is 49.5 cm³/mol. The highest BCUT2D eigenvalue weighted by atomic mass is 79.9. The Balaban J connectivity index is 2.33. The summed E-state index contributed by atoms with van der Waals surface area (Å²) < 4.78 is 0. The Bertz CT molecular complexity index is 117. The SMILES string of the molecule is CCC(=CC1CCC1)CBr. The van der Waals surface area contributed by atoms with Crippen LogP contribution in [0, 0.1) is 5.92 Å². The van der Waals surface area contributed by atoms with Crippen molar-refractivity contribution < 1.29 is 0 Å². The molecule has 1 aliphatic rings. The minimum absolute atomic E-state index is 0.924. The lowest BCUT2D eigenvalue weighted by molar-refractivity contribution is 0.385. The van der Waals surface area contributed by atoms with Crippen LogP contribution in [0.25, 0.3) is 0 Å². The Morgan fingerprint density at radius 2 is 2.30 bits per heavy atom. The van der Waals surface area contributed by atoms with Gasteiger partial charge in [-0.3, -0.25) is 0 Å². The molecule has 0 heterocycles. The number of hydrogen-bond donors (Lipinski definition) is 0. The molecule has 0 spiro atoms. The molecule has 0 atom stereocenters. The first-order valence-electron chi connectivity index (χ1n) is 4.12. The Hall–Kier alpha value is 0.220. The second-order valence-corrected chi connectivity index (χ2v) is 3.56. The average molecular weight is 203 g/mol. The van der Waals surface area contributed by atoms with Gasteiger partial charge in [0.2, 0.25) is 0 Å². The largest absolute Gasteiger partial charge is 0.0880 e. The molecule has 0 unspecified atom stereocenters. The van der Waals surface area contributed by atoms with E-state index >= 15 is 0 Å². The van der Waals surface area contributed by atoms with E-state index in [1.54, 1.807) is 5.57 Å². The molecule has 0 aromatic carbocycles. The van der Waals surface area contributed by atoms with Crippen molar-refractivity contribution in [3.63, 3.8) is 0 Å². The predicted octanol–water partition coefficient (Wildman–Crippen LogP) is 3.52. The Morgan fingerprint density at radius 1 is 1.60 bits per heavy atom. The molecule has 58 valence electrons. The number of allylic oxidation sites excluding steroid dienone is 2. The number of alkyl halides is 1. The van der Waals surface area contributed by atoms with E-state index in [-0.39, 0.29) is 0 Å². The maximum absolute atomic E-state index is 3.49. The van der Waals surface area contributed by atoms with Crippen LogP contribution in [0.1, 0.15) is 32.6 Å². The molecule has 0 saturated heterocycles. The maximum Gasteiger partial charge on any atom is 0.0241 e. The summed E-state index contributed by atoms with van der Waals surface area (Å²) in [6, 6.07) is 0. The van der Waals surface area contributed by atoms with Crippen molar-refractivity contribution in [1.29, 1.82) is 0 Å². The third-order valence-electron chi connectivity index (χ3n) is 2.25. The number of hydrogen-bond acceptors (Lipinski definition) is 0. The quantitative estimate of drug-likeness (QED) is 0.486. The van der Waals surface area contributed by atoms with Crippen LogP contribution in [0.3, 0.4) is 0 Å². The van der Waals surface area contributed by atoms with Crippen LogP contribution in [0.5, 0.6) is 0 Å². The van der Waals surface area contributed by atoms with Crippen molar-refractivity contribution in [3.05, 3.63) is 11.6 Å². The Kier molecular flexibility index (Phi) is 3.47. The highest BCUT2D eigenvalue weighted by Crippen LogP contribution is 2.29. The molecule has 0 nitrogen and oxygen atoms in total. The summed E-state index contributed by atoms with van der Waals surface area (Å²) in [6.07, 6.45) is 7.97. The lowest BCUT2D eigenvalue weighted by Gasteiger charge is -2.22. The van der Waals surface area contributed by atoms with Gasteiger partial charge in [-0.1, -0.05) is 40.9 Å². The summed E-state index contributed by atoms with van der Waals surface area (Å²) in [4.78, 5) is 0. The molecule has 0 bridgehead atoms. The third kappa shape index (κ3) is 2.12. The van der Waals surface area contributed by atoms with E-state index in [1.807, 2.05) is 0 Å². The van der Waals surface area contributed by atoms with E-state index < -0.39 is 0 Å². The van der Waals surface area contributed by atoms with Gasteiger partial charge < -0.3 is 0 Å². The zero-order valence-electron chi connectivity index (χ0n) is 6.57. The Morgan fingerprint density at radius 3 is 2.60 bits per heavy atom. The molecule has 1 fully saturated rings. The van der Waals surface area contributed by atoms with Crippen molar-refractivity contribution >= 4 is 15.9 Å². The standard InChI is InChI=1S/C9H15Br/c1-2-8(7-10)6-9-4-3-5-9/h6,9H,2-5,7H2,1H3. The van der Waals surface area contributed by atoms with Gasteiger partial charge in [0.25, 0.3) is 0 Å². The molecule has 10 heavy (non-hydrogen) atoms. The second-order valence-electron chi connectivity index (χ2n) is 3.00. The topological polar surface area (TPSA) is 0 Å². The molecule has 1 aliphatic carbocycles. The Labute approximate surface area is 71.8 Å². The summed E-state index contributed by atoms with van der Waals surface area (Å²) in [5.74, 6) is 0.924. The zero-order valence-corrected chi connectivity index (χ0v) is 8.15.